The highest BCUT2D eigenvalue weighted by Crippen LogP contribution is 2.39. The number of hydrogen-bond acceptors (Lipinski definition) is 4. The lowest BCUT2D eigenvalue weighted by atomic mass is 9.77. The molecule has 21 heavy (non-hydrogen) atoms. The molecule has 3 rings (SSSR count). The van der Waals surface area contributed by atoms with Crippen LogP contribution in [0.25, 0.3) is 0 Å². The third kappa shape index (κ3) is 2.53. The molecule has 1 aromatic heterocycles. The fraction of sp³-hybridized carbons (Fsp3) is 0.467. The molecule has 2 aromatic rings. The molecule has 1 fully saturated rings. The van der Waals surface area contributed by atoms with Gasteiger partial charge in [0.05, 0.1) is 0 Å². The van der Waals surface area contributed by atoms with Gasteiger partial charge in [-0.15, -0.1) is 5.10 Å². The number of nitrogens with zero attached hydrogens (tertiary/aromatic N) is 4. The van der Waals surface area contributed by atoms with Crippen LogP contribution in [0.1, 0.15) is 37.1 Å². The van der Waals surface area contributed by atoms with E-state index in [2.05, 4.69) is 27.7 Å². The second-order valence-corrected chi connectivity index (χ2v) is 5.54. The van der Waals surface area contributed by atoms with Gasteiger partial charge < -0.3 is 5.11 Å². The highest BCUT2D eigenvalue weighted by molar-refractivity contribution is 5.77. The SMILES string of the molecule is O=C(O)C1(n2nnnc2CCCc2ccccc2)CCC1. The number of tetrazole rings is 1. The van der Waals surface area contributed by atoms with Crippen LogP contribution in [-0.4, -0.2) is 31.3 Å². The molecule has 1 saturated carbocycles. The van der Waals surface area contributed by atoms with Crippen molar-refractivity contribution < 1.29 is 9.90 Å². The maximum absolute atomic E-state index is 11.5. The first kappa shape index (κ1) is 13.7. The molecule has 6 nitrogen and oxygen atoms in total. The molecule has 1 aliphatic rings. The minimum atomic E-state index is -0.911. The first-order chi connectivity index (χ1) is 10.2. The predicted octanol–water partition coefficient (Wildman–Crippen LogP) is 1.81. The van der Waals surface area contributed by atoms with Gasteiger partial charge in [-0.25, -0.2) is 9.48 Å². The van der Waals surface area contributed by atoms with Gasteiger partial charge in [-0.05, 0) is 48.1 Å². The van der Waals surface area contributed by atoms with Crippen LogP contribution in [0.4, 0.5) is 0 Å². The summed E-state index contributed by atoms with van der Waals surface area (Å²) in [5, 5.41) is 21.1. The molecular weight excluding hydrogens is 268 g/mol. The molecule has 0 radical (unpaired) electrons. The van der Waals surface area contributed by atoms with Crippen molar-refractivity contribution in [2.45, 2.75) is 44.1 Å². The normalized spacial score (nSPS) is 16.4. The van der Waals surface area contributed by atoms with E-state index in [-0.39, 0.29) is 0 Å². The van der Waals surface area contributed by atoms with Crippen molar-refractivity contribution in [2.24, 2.45) is 0 Å². The van der Waals surface area contributed by atoms with Crippen molar-refractivity contribution in [3.8, 4) is 0 Å². The van der Waals surface area contributed by atoms with E-state index in [0.717, 1.165) is 19.3 Å². The second kappa shape index (κ2) is 5.63. The van der Waals surface area contributed by atoms with Gasteiger partial charge in [-0.2, -0.15) is 0 Å². The molecule has 0 saturated heterocycles. The quantitative estimate of drug-likeness (QED) is 0.876. The molecular formula is C15H18N4O2. The van der Waals surface area contributed by atoms with Crippen molar-refractivity contribution in [1.29, 1.82) is 0 Å². The van der Waals surface area contributed by atoms with Gasteiger partial charge in [0.25, 0.3) is 0 Å². The number of aromatic nitrogens is 4. The Bertz CT molecular complexity index is 620. The lowest BCUT2D eigenvalue weighted by Gasteiger charge is -2.37. The molecule has 0 spiro atoms. The van der Waals surface area contributed by atoms with Crippen LogP contribution in [0.15, 0.2) is 30.3 Å². The van der Waals surface area contributed by atoms with Gasteiger partial charge >= 0.3 is 5.97 Å². The molecule has 1 aliphatic carbocycles. The Hall–Kier alpha value is -2.24. The number of rotatable bonds is 6. The van der Waals surface area contributed by atoms with Crippen LogP contribution < -0.4 is 0 Å². The topological polar surface area (TPSA) is 80.9 Å². The maximum Gasteiger partial charge on any atom is 0.331 e. The van der Waals surface area contributed by atoms with Gasteiger partial charge in [0.15, 0.2) is 11.4 Å². The number of benzene rings is 1. The van der Waals surface area contributed by atoms with E-state index in [1.807, 2.05) is 18.2 Å². The molecule has 6 heteroatoms. The number of carboxylic acid groups (broad SMARTS) is 1. The van der Waals surface area contributed by atoms with E-state index in [9.17, 15) is 9.90 Å². The standard InChI is InChI=1S/C15H18N4O2/c20-14(21)15(10-5-11-15)19-13(16-17-18-19)9-4-8-12-6-2-1-3-7-12/h1-3,6-7H,4-5,8-11H2,(H,20,21). The number of aryl methyl sites for hydroxylation is 2. The summed E-state index contributed by atoms with van der Waals surface area (Å²) in [6, 6.07) is 10.2. The fourth-order valence-electron chi connectivity index (χ4n) is 2.82. The summed E-state index contributed by atoms with van der Waals surface area (Å²) in [5.41, 5.74) is 0.360. The van der Waals surface area contributed by atoms with Gasteiger partial charge in [-0.1, -0.05) is 30.3 Å². The van der Waals surface area contributed by atoms with Gasteiger partial charge in [0, 0.05) is 6.42 Å². The molecule has 110 valence electrons. The van der Waals surface area contributed by atoms with E-state index in [4.69, 9.17) is 0 Å². The van der Waals surface area contributed by atoms with Crippen molar-refractivity contribution in [1.82, 2.24) is 20.2 Å². The summed E-state index contributed by atoms with van der Waals surface area (Å²) in [4.78, 5) is 11.5. The molecule has 0 bridgehead atoms. The largest absolute Gasteiger partial charge is 0.479 e. The Labute approximate surface area is 122 Å². The van der Waals surface area contributed by atoms with Crippen molar-refractivity contribution >= 4 is 5.97 Å². The third-order valence-electron chi connectivity index (χ3n) is 4.23. The average Bonchev–Trinajstić information content (AvgIpc) is 2.87. The summed E-state index contributed by atoms with van der Waals surface area (Å²) in [5.74, 6) is -0.154. The Morgan fingerprint density at radius 1 is 1.24 bits per heavy atom. The van der Waals surface area contributed by atoms with Gasteiger partial charge in [-0.3, -0.25) is 0 Å². The zero-order valence-electron chi connectivity index (χ0n) is 11.8. The van der Waals surface area contributed by atoms with Crippen LogP contribution in [0.2, 0.25) is 0 Å². The number of carboxylic acids is 1. The van der Waals surface area contributed by atoms with Crippen LogP contribution in [-0.2, 0) is 23.2 Å². The van der Waals surface area contributed by atoms with E-state index in [0.29, 0.717) is 25.1 Å². The van der Waals surface area contributed by atoms with Crippen LogP contribution in [0.5, 0.6) is 0 Å². The van der Waals surface area contributed by atoms with E-state index < -0.39 is 11.5 Å². The van der Waals surface area contributed by atoms with Crippen LogP contribution >= 0.6 is 0 Å². The minimum Gasteiger partial charge on any atom is -0.479 e. The first-order valence-electron chi connectivity index (χ1n) is 7.27. The van der Waals surface area contributed by atoms with E-state index >= 15 is 0 Å². The van der Waals surface area contributed by atoms with E-state index in [1.165, 1.54) is 10.2 Å². The van der Waals surface area contributed by atoms with Crippen molar-refractivity contribution in [3.05, 3.63) is 41.7 Å². The highest BCUT2D eigenvalue weighted by atomic mass is 16.4. The van der Waals surface area contributed by atoms with Gasteiger partial charge in [0.2, 0.25) is 0 Å². The number of hydrogen-bond donors (Lipinski definition) is 1. The van der Waals surface area contributed by atoms with Crippen LogP contribution in [0, 0.1) is 0 Å². The second-order valence-electron chi connectivity index (χ2n) is 5.54. The number of carbonyl (C=O) groups is 1. The first-order valence-corrected chi connectivity index (χ1v) is 7.27. The Balaban J connectivity index is 1.67. The fourth-order valence-corrected chi connectivity index (χ4v) is 2.82. The Kier molecular flexibility index (Phi) is 3.68. The zero-order valence-corrected chi connectivity index (χ0v) is 11.8. The molecule has 1 N–H and O–H groups in total. The molecule has 1 heterocycles. The predicted molar refractivity (Wildman–Crippen MR) is 75.7 cm³/mol. The smallest absolute Gasteiger partial charge is 0.331 e. The summed E-state index contributed by atoms with van der Waals surface area (Å²) >= 11 is 0. The van der Waals surface area contributed by atoms with Crippen molar-refractivity contribution in [2.75, 3.05) is 0 Å². The lowest BCUT2D eigenvalue weighted by Crippen LogP contribution is -2.49. The molecule has 0 atom stereocenters. The molecule has 0 unspecified atom stereocenters. The summed E-state index contributed by atoms with van der Waals surface area (Å²) in [6.45, 7) is 0. The Morgan fingerprint density at radius 2 is 2.00 bits per heavy atom. The lowest BCUT2D eigenvalue weighted by molar-refractivity contribution is -0.153. The minimum absolute atomic E-state index is 0.610. The van der Waals surface area contributed by atoms with E-state index in [1.54, 1.807) is 0 Å². The monoisotopic (exact) mass is 286 g/mol. The Morgan fingerprint density at radius 3 is 2.62 bits per heavy atom. The summed E-state index contributed by atoms with van der Waals surface area (Å²) in [6.07, 6.45) is 4.67. The third-order valence-corrected chi connectivity index (χ3v) is 4.23. The molecule has 0 amide bonds. The zero-order chi connectivity index (χ0) is 14.7. The summed E-state index contributed by atoms with van der Waals surface area (Å²) < 4.78 is 1.53. The summed E-state index contributed by atoms with van der Waals surface area (Å²) in [7, 11) is 0. The number of aliphatic carboxylic acids is 1. The molecule has 0 aliphatic heterocycles. The maximum atomic E-state index is 11.5. The van der Waals surface area contributed by atoms with Crippen molar-refractivity contribution in [3.63, 3.8) is 0 Å². The highest BCUT2D eigenvalue weighted by Gasteiger charge is 2.48. The molecule has 1 aromatic carbocycles. The van der Waals surface area contributed by atoms with Crippen LogP contribution in [0.3, 0.4) is 0 Å². The average molecular weight is 286 g/mol. The van der Waals surface area contributed by atoms with Gasteiger partial charge in [0.1, 0.15) is 0 Å².